The molecule has 6 rings (SSSR count). The van der Waals surface area contributed by atoms with Crippen molar-refractivity contribution in [2.45, 2.75) is 72.0 Å². The molecular weight excluding hydrogens is 1040 g/mol. The highest BCUT2D eigenvalue weighted by molar-refractivity contribution is 7.87. The van der Waals surface area contributed by atoms with Gasteiger partial charge < -0.3 is 14.2 Å². The molecule has 0 radical (unpaired) electrons. The van der Waals surface area contributed by atoms with Crippen LogP contribution in [-0.2, 0) is 76.3 Å². The van der Waals surface area contributed by atoms with E-state index >= 15 is 0 Å². The van der Waals surface area contributed by atoms with E-state index in [0.717, 1.165) is 12.1 Å². The van der Waals surface area contributed by atoms with Crippen LogP contribution in [0.25, 0.3) is 21.5 Å². The van der Waals surface area contributed by atoms with Crippen molar-refractivity contribution >= 4 is 106 Å². The summed E-state index contributed by atoms with van der Waals surface area (Å²) >= 11 is 0. The van der Waals surface area contributed by atoms with Gasteiger partial charge in [0.25, 0.3) is 57.1 Å². The molecule has 2 heterocycles. The van der Waals surface area contributed by atoms with E-state index in [1.54, 1.807) is 42.4 Å². The average molecular weight is 1090 g/mol. The Labute approximate surface area is 404 Å². The summed E-state index contributed by atoms with van der Waals surface area (Å²) in [5.41, 5.74) is -0.785. The maximum atomic E-state index is 12.8. The normalized spacial score (nSPS) is 18.5. The van der Waals surface area contributed by atoms with Gasteiger partial charge in [-0.15, -0.1) is 0 Å². The zero-order chi connectivity index (χ0) is 52.2. The Kier molecular flexibility index (Phi) is 14.9. The van der Waals surface area contributed by atoms with Crippen molar-refractivity contribution in [3.63, 3.8) is 0 Å². The number of carbonyl (C=O) groups excluding carboxylic acids is 1. The first-order valence-corrected chi connectivity index (χ1v) is 29.8. The smallest absolute Gasteiger partial charge is 0.298 e. The van der Waals surface area contributed by atoms with E-state index in [-0.39, 0.29) is 89.5 Å². The predicted octanol–water partition coefficient (Wildman–Crippen LogP) is 4.30. The molecule has 4 aromatic rings. The zero-order valence-corrected chi connectivity index (χ0v) is 42.0. The van der Waals surface area contributed by atoms with E-state index in [1.807, 2.05) is 0 Å². The molecule has 1 atom stereocenters. The highest BCUT2D eigenvalue weighted by Gasteiger charge is 2.47. The number of hydrogen-bond acceptors (Lipinski definition) is 16. The van der Waals surface area contributed by atoms with Crippen molar-refractivity contribution in [3.05, 3.63) is 95.7 Å². The van der Waals surface area contributed by atoms with Gasteiger partial charge in [0.15, 0.2) is 5.71 Å². The number of ether oxygens (including phenoxy) is 1. The van der Waals surface area contributed by atoms with Crippen LogP contribution in [0.3, 0.4) is 0 Å². The second-order valence-corrected chi connectivity index (χ2v) is 26.1. The monoisotopic (exact) mass is 1090 g/mol. The summed E-state index contributed by atoms with van der Waals surface area (Å²) in [6, 6.07) is 9.57. The summed E-state index contributed by atoms with van der Waals surface area (Å²) < 4.78 is 215. The Morgan fingerprint density at radius 3 is 1.91 bits per heavy atom. The molecule has 0 aromatic heterocycles. The van der Waals surface area contributed by atoms with Crippen LogP contribution >= 0.6 is 0 Å². The third-order valence-corrected chi connectivity index (χ3v) is 17.0. The lowest BCUT2D eigenvalue weighted by molar-refractivity contribution is -0.437. The van der Waals surface area contributed by atoms with Gasteiger partial charge in [0, 0.05) is 70.1 Å². The molecule has 0 bridgehead atoms. The number of fused-ring (bicyclic) bond motifs is 6. The van der Waals surface area contributed by atoms with Crippen LogP contribution < -0.4 is 9.64 Å². The molecular formula is C42H46N2O20S6. The fourth-order valence-electron chi connectivity index (χ4n) is 9.33. The third-order valence-electron chi connectivity index (χ3n) is 12.0. The van der Waals surface area contributed by atoms with Crippen LogP contribution in [0.4, 0.5) is 11.4 Å². The van der Waals surface area contributed by atoms with Gasteiger partial charge in [-0.05, 0) is 92.8 Å². The Hall–Kier alpha value is -4.98. The molecule has 5 N–H and O–H groups in total. The van der Waals surface area contributed by atoms with E-state index in [2.05, 4.69) is 0 Å². The van der Waals surface area contributed by atoms with Crippen LogP contribution in [0.15, 0.2) is 99.3 Å². The summed E-state index contributed by atoms with van der Waals surface area (Å²) in [6.45, 7) is 4.83. The first kappa shape index (κ1) is 54.4. The Morgan fingerprint density at radius 2 is 1.33 bits per heavy atom. The molecule has 0 fully saturated rings. The molecule has 70 heavy (non-hydrogen) atoms. The third kappa shape index (κ3) is 11.7. The summed E-state index contributed by atoms with van der Waals surface area (Å²) in [6.07, 6.45) is 6.83. The van der Waals surface area contributed by atoms with Gasteiger partial charge in [0.2, 0.25) is 5.69 Å². The first-order valence-electron chi connectivity index (χ1n) is 20.7. The number of carbonyl (C=O) groups is 1. The van der Waals surface area contributed by atoms with Crippen molar-refractivity contribution in [2.75, 3.05) is 35.2 Å². The maximum absolute atomic E-state index is 12.8. The largest absolute Gasteiger partial charge is 0.748 e. The van der Waals surface area contributed by atoms with E-state index in [1.165, 1.54) is 48.6 Å². The topological polar surface area (TPSA) is 362 Å². The fraction of sp³-hybridized carbons (Fsp3) is 0.333. The van der Waals surface area contributed by atoms with Gasteiger partial charge in [-0.1, -0.05) is 24.3 Å². The van der Waals surface area contributed by atoms with Gasteiger partial charge in [-0.25, -0.2) is 8.42 Å². The Bertz CT molecular complexity index is 3680. The van der Waals surface area contributed by atoms with Gasteiger partial charge in [-0.2, -0.15) is 46.7 Å². The van der Waals surface area contributed by atoms with Crippen molar-refractivity contribution in [1.29, 1.82) is 0 Å². The standard InChI is InChI=1S/C42H46N2O20S6/c1-41(2)36(43(17-8-20-66(49,50)51)33-14-12-27-22-28(64-26-45)23-35(70(61,62)63)38(27)40(33)41)10-5-4-6-11-37-42(3,16-7-19-65(46,47)48)39-31-24-29(68(55,56)57)25-34(69(58,59)60)30(31)13-15-32(39)44(37)18-9-21-67(52,53)54/h4-6,10-15,22-26H,7-9,16-21H2,1-3H3,(H5-,46,47,48,49,50,51,52,53,54,55,56,57,58,59,60,61,62,63). The van der Waals surface area contributed by atoms with Crippen LogP contribution in [0.5, 0.6) is 5.75 Å². The minimum absolute atomic E-state index is 0.0523. The van der Waals surface area contributed by atoms with Crippen LogP contribution in [0.2, 0.25) is 0 Å². The van der Waals surface area contributed by atoms with E-state index < -0.39 is 103 Å². The van der Waals surface area contributed by atoms with E-state index in [9.17, 15) is 82.6 Å². The minimum Gasteiger partial charge on any atom is -0.748 e. The molecule has 1 unspecified atom stereocenters. The van der Waals surface area contributed by atoms with E-state index in [4.69, 9.17) is 4.74 Å². The Morgan fingerprint density at radius 1 is 0.686 bits per heavy atom. The quantitative estimate of drug-likeness (QED) is 0.0356. The summed E-state index contributed by atoms with van der Waals surface area (Å²) in [5.74, 6) is -2.45. The van der Waals surface area contributed by atoms with Gasteiger partial charge in [0.05, 0.1) is 31.9 Å². The predicted molar refractivity (Wildman–Crippen MR) is 254 cm³/mol. The van der Waals surface area contributed by atoms with Crippen molar-refractivity contribution in [1.82, 2.24) is 0 Å². The Balaban J connectivity index is 1.55. The summed E-state index contributed by atoms with van der Waals surface area (Å²) in [7, 11) is -29.1. The van der Waals surface area contributed by atoms with Crippen molar-refractivity contribution < 1.29 is 91.9 Å². The molecule has 2 aliphatic rings. The number of allylic oxidation sites excluding steroid dienone is 6. The molecule has 0 saturated heterocycles. The molecule has 0 saturated carbocycles. The lowest BCUT2D eigenvalue weighted by Crippen LogP contribution is -2.30. The fourth-order valence-corrected chi connectivity index (χ4v) is 12.9. The average Bonchev–Trinajstić information content (AvgIpc) is 3.56. The van der Waals surface area contributed by atoms with Crippen molar-refractivity contribution in [3.8, 4) is 5.75 Å². The molecule has 0 spiro atoms. The minimum atomic E-state index is -5.18. The lowest BCUT2D eigenvalue weighted by atomic mass is 9.75. The van der Waals surface area contributed by atoms with Gasteiger partial charge in [-0.3, -0.25) is 27.6 Å². The number of hydrogen-bond donors (Lipinski definition) is 5. The molecule has 380 valence electrons. The molecule has 4 aromatic carbocycles. The molecule has 2 aliphatic heterocycles. The molecule has 0 aliphatic carbocycles. The summed E-state index contributed by atoms with van der Waals surface area (Å²) in [5, 5.41) is -0.0557. The summed E-state index contributed by atoms with van der Waals surface area (Å²) in [4.78, 5) is 10.3. The second kappa shape index (κ2) is 19.2. The van der Waals surface area contributed by atoms with Gasteiger partial charge >= 0.3 is 0 Å². The number of anilines is 1. The van der Waals surface area contributed by atoms with Crippen molar-refractivity contribution in [2.24, 2.45) is 0 Å². The lowest BCUT2D eigenvalue weighted by Gasteiger charge is -2.31. The highest BCUT2D eigenvalue weighted by atomic mass is 32.2. The number of nitrogens with zero attached hydrogens (tertiary/aromatic N) is 2. The molecule has 28 heteroatoms. The first-order chi connectivity index (χ1) is 32.1. The molecule has 0 amide bonds. The van der Waals surface area contributed by atoms with E-state index in [0.29, 0.717) is 23.0 Å². The zero-order valence-electron chi connectivity index (χ0n) is 37.2. The number of rotatable bonds is 20. The molecule has 22 nitrogen and oxygen atoms in total. The SMILES string of the molecule is CC1(C)C(/C=C/C=C/C=C2/N(CCCS(=O)(=O)O)c3ccc4c(S(=O)(=O)O)cc(S(=O)(=O)O)cc4c3C2(C)CCCS(=O)(=O)O)=[N+](CCCS(=O)(=O)[O-])c2ccc3cc(OC=O)cc(S(=O)(=O)O)c3c21. The van der Waals surface area contributed by atoms with Crippen LogP contribution in [0.1, 0.15) is 57.6 Å². The number of benzene rings is 4. The second-order valence-electron chi connectivity index (χ2n) is 17.2. The van der Waals surface area contributed by atoms with Crippen LogP contribution in [0, 0.1) is 0 Å². The van der Waals surface area contributed by atoms with Gasteiger partial charge in [0.1, 0.15) is 22.1 Å². The van der Waals surface area contributed by atoms with Crippen LogP contribution in [-0.4, -0.2) is 125 Å². The maximum Gasteiger partial charge on any atom is 0.298 e. The highest BCUT2D eigenvalue weighted by Crippen LogP contribution is 2.54.